The molecule has 0 unspecified atom stereocenters. The van der Waals surface area contributed by atoms with Gasteiger partial charge in [0.25, 0.3) is 0 Å². The quantitative estimate of drug-likeness (QED) is 0.604. The zero-order chi connectivity index (χ0) is 19.2. The molecule has 0 saturated heterocycles. The highest BCUT2D eigenvalue weighted by atomic mass is 16.5. The van der Waals surface area contributed by atoms with Crippen molar-refractivity contribution in [3.63, 3.8) is 0 Å². The standard InChI is InChI=1S/C22H26N4O2/c1-26(15-17-9-4-2-5-10-17)16-20-24-21(25-28-20)19-13-8-14-23-22(19)27-18-11-6-3-7-12-18/h2,4-5,8-10,13-14,18H,3,6-7,11-12,15-16H2,1H3. The van der Waals surface area contributed by atoms with Crippen LogP contribution in [-0.2, 0) is 13.1 Å². The van der Waals surface area contributed by atoms with Crippen molar-refractivity contribution in [3.8, 4) is 17.3 Å². The molecule has 6 heteroatoms. The monoisotopic (exact) mass is 378 g/mol. The Morgan fingerprint density at radius 3 is 2.68 bits per heavy atom. The minimum atomic E-state index is 0.228. The molecule has 0 atom stereocenters. The molecule has 0 bridgehead atoms. The van der Waals surface area contributed by atoms with Gasteiger partial charge in [-0.15, -0.1) is 0 Å². The van der Waals surface area contributed by atoms with E-state index in [1.165, 1.54) is 24.8 Å². The molecule has 3 aromatic rings. The lowest BCUT2D eigenvalue weighted by molar-refractivity contribution is 0.149. The van der Waals surface area contributed by atoms with Gasteiger partial charge in [-0.05, 0) is 50.4 Å². The van der Waals surface area contributed by atoms with Crippen molar-refractivity contribution in [3.05, 3.63) is 60.1 Å². The third-order valence-electron chi connectivity index (χ3n) is 5.01. The Kier molecular flexibility index (Phi) is 5.97. The minimum absolute atomic E-state index is 0.228. The Morgan fingerprint density at radius 2 is 1.86 bits per heavy atom. The smallest absolute Gasteiger partial charge is 0.241 e. The zero-order valence-corrected chi connectivity index (χ0v) is 16.3. The van der Waals surface area contributed by atoms with E-state index in [4.69, 9.17) is 9.26 Å². The number of aromatic nitrogens is 3. The molecular weight excluding hydrogens is 352 g/mol. The molecule has 1 saturated carbocycles. The van der Waals surface area contributed by atoms with Crippen molar-refractivity contribution >= 4 is 0 Å². The number of nitrogens with zero attached hydrogens (tertiary/aromatic N) is 4. The molecule has 28 heavy (non-hydrogen) atoms. The second kappa shape index (κ2) is 8.97. The molecule has 1 aromatic carbocycles. The zero-order valence-electron chi connectivity index (χ0n) is 16.3. The number of pyridine rings is 1. The normalized spacial score (nSPS) is 15.1. The van der Waals surface area contributed by atoms with Gasteiger partial charge in [-0.2, -0.15) is 4.98 Å². The maximum Gasteiger partial charge on any atom is 0.241 e. The van der Waals surface area contributed by atoms with Crippen molar-refractivity contribution < 1.29 is 9.26 Å². The van der Waals surface area contributed by atoms with Gasteiger partial charge in [0.1, 0.15) is 6.10 Å². The molecule has 0 amide bonds. The van der Waals surface area contributed by atoms with Gasteiger partial charge < -0.3 is 9.26 Å². The lowest BCUT2D eigenvalue weighted by atomic mass is 9.98. The molecule has 1 aliphatic carbocycles. The maximum atomic E-state index is 6.17. The lowest BCUT2D eigenvalue weighted by Crippen LogP contribution is -2.20. The van der Waals surface area contributed by atoms with Crippen LogP contribution < -0.4 is 4.74 Å². The molecule has 2 aromatic heterocycles. The molecule has 0 radical (unpaired) electrons. The molecule has 0 N–H and O–H groups in total. The van der Waals surface area contributed by atoms with Crippen LogP contribution in [0.5, 0.6) is 5.88 Å². The van der Waals surface area contributed by atoms with Gasteiger partial charge in [0.15, 0.2) is 0 Å². The second-order valence-electron chi connectivity index (χ2n) is 7.40. The summed E-state index contributed by atoms with van der Waals surface area (Å²) in [4.78, 5) is 11.1. The van der Waals surface area contributed by atoms with Crippen molar-refractivity contribution in [1.29, 1.82) is 0 Å². The van der Waals surface area contributed by atoms with Crippen LogP contribution in [0.3, 0.4) is 0 Å². The van der Waals surface area contributed by atoms with Gasteiger partial charge in [0, 0.05) is 12.7 Å². The first-order valence-electron chi connectivity index (χ1n) is 9.95. The predicted molar refractivity (Wildman–Crippen MR) is 107 cm³/mol. The fourth-order valence-electron chi connectivity index (χ4n) is 3.61. The van der Waals surface area contributed by atoms with Crippen LogP contribution in [0.2, 0.25) is 0 Å². The van der Waals surface area contributed by atoms with E-state index >= 15 is 0 Å². The van der Waals surface area contributed by atoms with Crippen molar-refractivity contribution in [2.24, 2.45) is 0 Å². The number of hydrogen-bond donors (Lipinski definition) is 0. The second-order valence-corrected chi connectivity index (χ2v) is 7.40. The summed E-state index contributed by atoms with van der Waals surface area (Å²) < 4.78 is 11.7. The molecule has 6 nitrogen and oxygen atoms in total. The highest BCUT2D eigenvalue weighted by molar-refractivity contribution is 5.60. The number of rotatable bonds is 7. The van der Waals surface area contributed by atoms with E-state index in [0.717, 1.165) is 24.9 Å². The van der Waals surface area contributed by atoms with Crippen LogP contribution in [0.1, 0.15) is 43.6 Å². The Hall–Kier alpha value is -2.73. The van der Waals surface area contributed by atoms with Crippen LogP contribution in [0.4, 0.5) is 0 Å². The van der Waals surface area contributed by atoms with Crippen LogP contribution in [0.15, 0.2) is 53.2 Å². The Bertz CT molecular complexity index is 875. The first kappa shape index (κ1) is 18.6. The van der Waals surface area contributed by atoms with Crippen LogP contribution in [0, 0.1) is 0 Å². The average Bonchev–Trinajstić information content (AvgIpc) is 3.18. The van der Waals surface area contributed by atoms with Crippen LogP contribution in [-0.4, -0.2) is 33.2 Å². The third kappa shape index (κ3) is 4.75. The first-order chi connectivity index (χ1) is 13.8. The Labute approximate surface area is 165 Å². The highest BCUT2D eigenvalue weighted by Crippen LogP contribution is 2.29. The molecule has 1 fully saturated rings. The number of ether oxygens (including phenoxy) is 1. The molecule has 2 heterocycles. The summed E-state index contributed by atoms with van der Waals surface area (Å²) >= 11 is 0. The summed E-state index contributed by atoms with van der Waals surface area (Å²) in [6, 6.07) is 14.2. The highest BCUT2D eigenvalue weighted by Gasteiger charge is 2.20. The lowest BCUT2D eigenvalue weighted by Gasteiger charge is -2.22. The number of hydrogen-bond acceptors (Lipinski definition) is 6. The summed E-state index contributed by atoms with van der Waals surface area (Å²) in [5.74, 6) is 1.71. The largest absolute Gasteiger partial charge is 0.474 e. The van der Waals surface area contributed by atoms with Crippen LogP contribution >= 0.6 is 0 Å². The third-order valence-corrected chi connectivity index (χ3v) is 5.01. The van der Waals surface area contributed by atoms with Gasteiger partial charge in [-0.25, -0.2) is 4.98 Å². The molecule has 0 spiro atoms. The molecule has 146 valence electrons. The van der Waals surface area contributed by atoms with E-state index in [9.17, 15) is 0 Å². The van der Waals surface area contributed by atoms with E-state index < -0.39 is 0 Å². The number of benzene rings is 1. The van der Waals surface area contributed by atoms with Crippen molar-refractivity contribution in [2.45, 2.75) is 51.3 Å². The SMILES string of the molecule is CN(Cc1ccccc1)Cc1nc(-c2cccnc2OC2CCCCC2)no1. The molecule has 0 aliphatic heterocycles. The maximum absolute atomic E-state index is 6.17. The first-order valence-corrected chi connectivity index (χ1v) is 9.95. The van der Waals surface area contributed by atoms with Gasteiger partial charge in [0.2, 0.25) is 17.6 Å². The average molecular weight is 378 g/mol. The topological polar surface area (TPSA) is 64.3 Å². The van der Waals surface area contributed by atoms with E-state index in [1.54, 1.807) is 6.20 Å². The summed E-state index contributed by atoms with van der Waals surface area (Å²) in [7, 11) is 2.04. The fourth-order valence-corrected chi connectivity index (χ4v) is 3.61. The summed E-state index contributed by atoms with van der Waals surface area (Å²) in [6.07, 6.45) is 7.86. The van der Waals surface area contributed by atoms with Gasteiger partial charge >= 0.3 is 0 Å². The van der Waals surface area contributed by atoms with Crippen LogP contribution in [0.25, 0.3) is 11.4 Å². The Balaban J connectivity index is 1.44. The van der Waals surface area contributed by atoms with Crippen molar-refractivity contribution in [2.75, 3.05) is 7.05 Å². The van der Waals surface area contributed by atoms with Gasteiger partial charge in [0.05, 0.1) is 12.1 Å². The van der Waals surface area contributed by atoms with Gasteiger partial charge in [-0.1, -0.05) is 41.9 Å². The Morgan fingerprint density at radius 1 is 1.04 bits per heavy atom. The van der Waals surface area contributed by atoms with E-state index in [-0.39, 0.29) is 6.10 Å². The summed E-state index contributed by atoms with van der Waals surface area (Å²) in [5, 5.41) is 4.17. The predicted octanol–water partition coefficient (Wildman–Crippen LogP) is 4.48. The molecule has 1 aliphatic rings. The summed E-state index contributed by atoms with van der Waals surface area (Å²) in [6.45, 7) is 1.41. The molecular formula is C22H26N4O2. The molecule has 4 rings (SSSR count). The fraction of sp³-hybridized carbons (Fsp3) is 0.409. The van der Waals surface area contributed by atoms with Crippen molar-refractivity contribution in [1.82, 2.24) is 20.0 Å². The van der Waals surface area contributed by atoms with E-state index in [1.807, 2.05) is 37.4 Å². The van der Waals surface area contributed by atoms with E-state index in [0.29, 0.717) is 24.1 Å². The van der Waals surface area contributed by atoms with Gasteiger partial charge in [-0.3, -0.25) is 4.90 Å². The minimum Gasteiger partial charge on any atom is -0.474 e. The summed E-state index contributed by atoms with van der Waals surface area (Å²) in [5.41, 5.74) is 2.04. The van der Waals surface area contributed by atoms with E-state index in [2.05, 4.69) is 32.2 Å².